The number of carbonyl (C=O) groups is 1. The molecule has 0 radical (unpaired) electrons. The molecular weight excluding hydrogens is 362 g/mol. The van der Waals surface area contributed by atoms with Gasteiger partial charge < -0.3 is 9.88 Å². The smallest absolute Gasteiger partial charge is 0.272 e. The van der Waals surface area contributed by atoms with E-state index < -0.39 is 10.0 Å². The Morgan fingerprint density at radius 2 is 1.56 bits per heavy atom. The molecule has 27 heavy (non-hydrogen) atoms. The minimum Gasteiger partial charge on any atom is -0.340 e. The van der Waals surface area contributed by atoms with Gasteiger partial charge in [0, 0.05) is 32.5 Å². The van der Waals surface area contributed by atoms with Gasteiger partial charge in [-0.3, -0.25) is 4.79 Å². The lowest BCUT2D eigenvalue weighted by atomic mass is 10.2. The minimum atomic E-state index is -3.49. The first-order valence-corrected chi connectivity index (χ1v) is 9.80. The lowest BCUT2D eigenvalue weighted by Crippen LogP contribution is -2.22. The highest BCUT2D eigenvalue weighted by atomic mass is 32.2. The van der Waals surface area contributed by atoms with Gasteiger partial charge in [0.05, 0.1) is 4.90 Å². The standard InChI is InChI=1S/C20H21N3O3S/c1-22(2)27(25,26)17-11-9-16(10-12-17)21-20(24)19-14-13-18(23(19)3)15-7-5-4-6-8-15/h4-14H,1-3H3,(H,21,24). The van der Waals surface area contributed by atoms with Crippen LogP contribution >= 0.6 is 0 Å². The first-order chi connectivity index (χ1) is 12.8. The van der Waals surface area contributed by atoms with Gasteiger partial charge in [-0.25, -0.2) is 12.7 Å². The van der Waals surface area contributed by atoms with Crippen LogP contribution in [0.4, 0.5) is 5.69 Å². The van der Waals surface area contributed by atoms with Crippen molar-refractivity contribution >= 4 is 21.6 Å². The van der Waals surface area contributed by atoms with Crippen LogP contribution in [0, 0.1) is 0 Å². The van der Waals surface area contributed by atoms with Gasteiger partial charge in [-0.15, -0.1) is 0 Å². The summed E-state index contributed by atoms with van der Waals surface area (Å²) < 4.78 is 27.2. The van der Waals surface area contributed by atoms with E-state index in [1.165, 1.54) is 26.2 Å². The molecule has 1 heterocycles. The molecule has 0 spiro atoms. The van der Waals surface area contributed by atoms with Crippen molar-refractivity contribution in [3.05, 3.63) is 72.4 Å². The molecule has 2 aromatic carbocycles. The number of benzene rings is 2. The van der Waals surface area contributed by atoms with Crippen LogP contribution in [-0.2, 0) is 17.1 Å². The number of carbonyl (C=O) groups excluding carboxylic acids is 1. The van der Waals surface area contributed by atoms with Gasteiger partial charge in [-0.05, 0) is 42.0 Å². The summed E-state index contributed by atoms with van der Waals surface area (Å²) in [6.07, 6.45) is 0. The van der Waals surface area contributed by atoms with E-state index in [1.54, 1.807) is 18.2 Å². The molecule has 3 aromatic rings. The van der Waals surface area contributed by atoms with E-state index >= 15 is 0 Å². The van der Waals surface area contributed by atoms with E-state index in [2.05, 4.69) is 5.32 Å². The van der Waals surface area contributed by atoms with Crippen molar-refractivity contribution in [2.24, 2.45) is 7.05 Å². The maximum Gasteiger partial charge on any atom is 0.272 e. The summed E-state index contributed by atoms with van der Waals surface area (Å²) >= 11 is 0. The maximum absolute atomic E-state index is 12.6. The highest BCUT2D eigenvalue weighted by molar-refractivity contribution is 7.89. The Kier molecular flexibility index (Phi) is 5.16. The molecule has 6 nitrogen and oxygen atoms in total. The summed E-state index contributed by atoms with van der Waals surface area (Å²) in [4.78, 5) is 12.8. The van der Waals surface area contributed by atoms with Gasteiger partial charge in [-0.1, -0.05) is 30.3 Å². The van der Waals surface area contributed by atoms with E-state index in [0.29, 0.717) is 11.4 Å². The van der Waals surface area contributed by atoms with Crippen LogP contribution in [0.2, 0.25) is 0 Å². The third-order valence-corrected chi connectivity index (χ3v) is 6.14. The number of nitrogens with one attached hydrogen (secondary N) is 1. The summed E-state index contributed by atoms with van der Waals surface area (Å²) in [5.41, 5.74) is 3.00. The van der Waals surface area contributed by atoms with Crippen LogP contribution in [0.25, 0.3) is 11.3 Å². The molecule has 0 fully saturated rings. The molecule has 0 unspecified atom stereocenters. The van der Waals surface area contributed by atoms with Crippen molar-refractivity contribution < 1.29 is 13.2 Å². The van der Waals surface area contributed by atoms with Crippen molar-refractivity contribution in [1.82, 2.24) is 8.87 Å². The van der Waals surface area contributed by atoms with Crippen LogP contribution in [-0.4, -0.2) is 37.3 Å². The molecule has 0 bridgehead atoms. The van der Waals surface area contributed by atoms with Gasteiger partial charge in [0.2, 0.25) is 10.0 Å². The maximum atomic E-state index is 12.6. The Balaban J connectivity index is 1.80. The predicted octanol–water partition coefficient (Wildman–Crippen LogP) is 3.19. The Hall–Kier alpha value is -2.90. The van der Waals surface area contributed by atoms with Crippen molar-refractivity contribution in [3.8, 4) is 11.3 Å². The first-order valence-electron chi connectivity index (χ1n) is 8.36. The Morgan fingerprint density at radius 1 is 0.926 bits per heavy atom. The fourth-order valence-electron chi connectivity index (χ4n) is 2.75. The molecule has 0 saturated carbocycles. The average molecular weight is 383 g/mol. The number of hydrogen-bond donors (Lipinski definition) is 1. The van der Waals surface area contributed by atoms with Crippen molar-refractivity contribution in [2.75, 3.05) is 19.4 Å². The third-order valence-electron chi connectivity index (χ3n) is 4.31. The summed E-state index contributed by atoms with van der Waals surface area (Å²) in [6, 6.07) is 19.6. The zero-order chi connectivity index (χ0) is 19.6. The van der Waals surface area contributed by atoms with Gasteiger partial charge in [-0.2, -0.15) is 0 Å². The highest BCUT2D eigenvalue weighted by Crippen LogP contribution is 2.22. The minimum absolute atomic E-state index is 0.177. The van der Waals surface area contributed by atoms with Crippen LogP contribution < -0.4 is 5.32 Å². The van der Waals surface area contributed by atoms with E-state index in [-0.39, 0.29) is 10.8 Å². The number of aromatic nitrogens is 1. The molecule has 0 atom stereocenters. The normalized spacial score (nSPS) is 11.6. The predicted molar refractivity (Wildman–Crippen MR) is 106 cm³/mol. The summed E-state index contributed by atoms with van der Waals surface area (Å²) in [7, 11) is 1.30. The van der Waals surface area contributed by atoms with Crippen molar-refractivity contribution in [1.29, 1.82) is 0 Å². The molecule has 1 aromatic heterocycles. The molecule has 7 heteroatoms. The number of rotatable bonds is 5. The zero-order valence-electron chi connectivity index (χ0n) is 15.4. The first kappa shape index (κ1) is 18.9. The molecule has 1 N–H and O–H groups in total. The lowest BCUT2D eigenvalue weighted by Gasteiger charge is -2.12. The number of hydrogen-bond acceptors (Lipinski definition) is 3. The molecule has 1 amide bonds. The Labute approximate surface area is 159 Å². The topological polar surface area (TPSA) is 71.4 Å². The second-order valence-electron chi connectivity index (χ2n) is 6.29. The van der Waals surface area contributed by atoms with Crippen molar-refractivity contribution in [2.45, 2.75) is 4.90 Å². The second-order valence-corrected chi connectivity index (χ2v) is 8.45. The number of anilines is 1. The largest absolute Gasteiger partial charge is 0.340 e. The molecule has 140 valence electrons. The molecule has 0 aliphatic heterocycles. The van der Waals surface area contributed by atoms with Gasteiger partial charge in [0.1, 0.15) is 5.69 Å². The van der Waals surface area contributed by atoms with E-state index in [1.807, 2.05) is 48.0 Å². The lowest BCUT2D eigenvalue weighted by molar-refractivity contribution is 0.101. The number of sulfonamides is 1. The zero-order valence-corrected chi connectivity index (χ0v) is 16.2. The SMILES string of the molecule is CN(C)S(=O)(=O)c1ccc(NC(=O)c2ccc(-c3ccccc3)n2C)cc1. The molecule has 0 saturated heterocycles. The molecule has 3 rings (SSSR count). The van der Waals surface area contributed by atoms with E-state index in [0.717, 1.165) is 15.6 Å². The van der Waals surface area contributed by atoms with Crippen LogP contribution in [0.3, 0.4) is 0 Å². The van der Waals surface area contributed by atoms with Gasteiger partial charge in [0.15, 0.2) is 0 Å². The van der Waals surface area contributed by atoms with Crippen molar-refractivity contribution in [3.63, 3.8) is 0 Å². The van der Waals surface area contributed by atoms with Gasteiger partial charge >= 0.3 is 0 Å². The van der Waals surface area contributed by atoms with Crippen LogP contribution in [0.5, 0.6) is 0 Å². The Morgan fingerprint density at radius 3 is 2.15 bits per heavy atom. The van der Waals surface area contributed by atoms with Crippen LogP contribution in [0.15, 0.2) is 71.6 Å². The van der Waals surface area contributed by atoms with Gasteiger partial charge in [0.25, 0.3) is 5.91 Å². The monoisotopic (exact) mass is 383 g/mol. The van der Waals surface area contributed by atoms with E-state index in [9.17, 15) is 13.2 Å². The summed E-state index contributed by atoms with van der Waals surface area (Å²) in [5.74, 6) is -0.261. The molecular formula is C20H21N3O3S. The molecule has 0 aliphatic rings. The second kappa shape index (κ2) is 7.38. The third kappa shape index (κ3) is 3.79. The highest BCUT2D eigenvalue weighted by Gasteiger charge is 2.17. The fourth-order valence-corrected chi connectivity index (χ4v) is 3.66. The fraction of sp³-hybridized carbons (Fsp3) is 0.150. The average Bonchev–Trinajstić information content (AvgIpc) is 3.04. The van der Waals surface area contributed by atoms with Crippen LogP contribution in [0.1, 0.15) is 10.5 Å². The summed E-state index contributed by atoms with van der Waals surface area (Å²) in [6.45, 7) is 0. The quantitative estimate of drug-likeness (QED) is 0.735. The van der Waals surface area contributed by atoms with E-state index in [4.69, 9.17) is 0 Å². The number of nitrogens with zero attached hydrogens (tertiary/aromatic N) is 2. The summed E-state index contributed by atoms with van der Waals surface area (Å²) in [5, 5.41) is 2.80. The number of amides is 1. The Bertz CT molecular complexity index is 1050. The molecule has 0 aliphatic carbocycles.